The van der Waals surface area contributed by atoms with Crippen LogP contribution in [0.3, 0.4) is 0 Å². The third-order valence-corrected chi connectivity index (χ3v) is 5.53. The predicted molar refractivity (Wildman–Crippen MR) is 119 cm³/mol. The van der Waals surface area contributed by atoms with Crippen LogP contribution in [0.1, 0.15) is 11.1 Å². The summed E-state index contributed by atoms with van der Waals surface area (Å²) in [7, 11) is 0. The fourth-order valence-electron chi connectivity index (χ4n) is 2.76. The zero-order valence-electron chi connectivity index (χ0n) is 15.6. The first-order valence-electron chi connectivity index (χ1n) is 9.09. The van der Waals surface area contributed by atoms with Crippen LogP contribution in [0.5, 0.6) is 5.75 Å². The number of hydrogen-bond donors (Lipinski definition) is 1. The van der Waals surface area contributed by atoms with Crippen LogP contribution in [0.4, 0.5) is 10.1 Å². The minimum Gasteiger partial charge on any atom is -0.488 e. The van der Waals surface area contributed by atoms with E-state index in [4.69, 9.17) is 16.3 Å². The molecule has 1 heterocycles. The van der Waals surface area contributed by atoms with Gasteiger partial charge in [0.25, 0.3) is 5.91 Å². The van der Waals surface area contributed by atoms with Gasteiger partial charge in [0.1, 0.15) is 18.2 Å². The monoisotopic (exact) mass is 438 g/mol. The third kappa shape index (κ3) is 4.90. The van der Waals surface area contributed by atoms with Crippen molar-refractivity contribution in [3.05, 3.63) is 99.7 Å². The van der Waals surface area contributed by atoms with Crippen molar-refractivity contribution in [2.45, 2.75) is 6.61 Å². The van der Waals surface area contributed by atoms with Crippen molar-refractivity contribution in [1.82, 2.24) is 5.32 Å². The number of carbonyl (C=O) groups is 1. The van der Waals surface area contributed by atoms with E-state index in [2.05, 4.69) is 10.3 Å². The molecule has 0 bridgehead atoms. The number of amidine groups is 1. The maximum absolute atomic E-state index is 13.0. The summed E-state index contributed by atoms with van der Waals surface area (Å²) < 4.78 is 19.0. The number of amides is 1. The summed E-state index contributed by atoms with van der Waals surface area (Å²) in [6.45, 7) is 0.316. The second kappa shape index (κ2) is 9.15. The average Bonchev–Trinajstić information content (AvgIpc) is 3.09. The number of rotatable bonds is 5. The van der Waals surface area contributed by atoms with E-state index in [1.54, 1.807) is 18.2 Å². The molecule has 1 amide bonds. The van der Waals surface area contributed by atoms with Crippen LogP contribution in [0.15, 0.2) is 82.7 Å². The molecule has 1 aliphatic heterocycles. The summed E-state index contributed by atoms with van der Waals surface area (Å²) >= 11 is 7.41. The summed E-state index contributed by atoms with van der Waals surface area (Å²) in [6, 6.07) is 20.7. The van der Waals surface area contributed by atoms with E-state index in [9.17, 15) is 9.18 Å². The Labute approximate surface area is 182 Å². The third-order valence-electron chi connectivity index (χ3n) is 4.25. The van der Waals surface area contributed by atoms with Crippen molar-refractivity contribution in [3.63, 3.8) is 0 Å². The Bertz CT molecular complexity index is 1150. The van der Waals surface area contributed by atoms with E-state index in [1.807, 2.05) is 48.5 Å². The molecule has 1 N–H and O–H groups in total. The van der Waals surface area contributed by atoms with E-state index in [0.29, 0.717) is 33.1 Å². The van der Waals surface area contributed by atoms with Gasteiger partial charge in [-0.05, 0) is 54.2 Å². The standard InChI is InChI=1S/C23H16ClFN2O2S/c24-19-7-3-1-6-16(19)14-29-20-8-4-2-5-15(20)13-21-22(28)27-23(30-21)26-18-11-9-17(25)10-12-18/h1-13H,14H2,(H,26,27,28). The van der Waals surface area contributed by atoms with E-state index in [0.717, 1.165) is 11.1 Å². The smallest absolute Gasteiger partial charge is 0.264 e. The predicted octanol–water partition coefficient (Wildman–Crippen LogP) is 5.95. The van der Waals surface area contributed by atoms with Crippen molar-refractivity contribution in [2.24, 2.45) is 4.99 Å². The molecular formula is C23H16ClFN2O2S. The largest absolute Gasteiger partial charge is 0.488 e. The molecule has 0 saturated carbocycles. The quantitative estimate of drug-likeness (QED) is 0.501. The topological polar surface area (TPSA) is 50.7 Å². The first-order valence-corrected chi connectivity index (χ1v) is 10.3. The molecule has 150 valence electrons. The second-order valence-electron chi connectivity index (χ2n) is 6.38. The fraction of sp³-hybridized carbons (Fsp3) is 0.0435. The van der Waals surface area contributed by atoms with E-state index >= 15 is 0 Å². The van der Waals surface area contributed by atoms with Crippen LogP contribution in [0.25, 0.3) is 6.08 Å². The highest BCUT2D eigenvalue weighted by Gasteiger charge is 2.24. The number of benzene rings is 3. The van der Waals surface area contributed by atoms with Gasteiger partial charge in [0, 0.05) is 16.1 Å². The summed E-state index contributed by atoms with van der Waals surface area (Å²) in [6.07, 6.45) is 1.76. The number of halogens is 2. The van der Waals surface area contributed by atoms with Crippen molar-refractivity contribution in [2.75, 3.05) is 0 Å². The molecular weight excluding hydrogens is 423 g/mol. The molecule has 0 spiro atoms. The van der Waals surface area contributed by atoms with Crippen LogP contribution in [0.2, 0.25) is 5.02 Å². The number of carbonyl (C=O) groups excluding carboxylic acids is 1. The van der Waals surface area contributed by atoms with Crippen LogP contribution in [-0.2, 0) is 11.4 Å². The fourth-order valence-corrected chi connectivity index (χ4v) is 3.78. The van der Waals surface area contributed by atoms with Gasteiger partial charge in [-0.1, -0.05) is 48.0 Å². The molecule has 3 aromatic carbocycles. The second-order valence-corrected chi connectivity index (χ2v) is 7.81. The molecule has 4 rings (SSSR count). The lowest BCUT2D eigenvalue weighted by Crippen LogP contribution is -2.19. The highest BCUT2D eigenvalue weighted by molar-refractivity contribution is 8.18. The normalized spacial score (nSPS) is 16.1. The summed E-state index contributed by atoms with van der Waals surface area (Å²) in [5.74, 6) is 0.0556. The first kappa shape index (κ1) is 20.2. The maximum atomic E-state index is 13.0. The number of hydrogen-bond acceptors (Lipinski definition) is 4. The van der Waals surface area contributed by atoms with Crippen LogP contribution in [-0.4, -0.2) is 11.1 Å². The molecule has 1 saturated heterocycles. The number of nitrogens with zero attached hydrogens (tertiary/aromatic N) is 1. The molecule has 0 aromatic heterocycles. The SMILES string of the molecule is O=C1NC(=Nc2ccc(F)cc2)SC1=Cc1ccccc1OCc1ccccc1Cl. The first-order chi connectivity index (χ1) is 14.6. The Morgan fingerprint density at radius 3 is 2.57 bits per heavy atom. The molecule has 0 atom stereocenters. The molecule has 0 aliphatic carbocycles. The zero-order valence-corrected chi connectivity index (χ0v) is 17.2. The van der Waals surface area contributed by atoms with Gasteiger partial charge in [-0.3, -0.25) is 4.79 Å². The molecule has 0 unspecified atom stereocenters. The van der Waals surface area contributed by atoms with Gasteiger partial charge >= 0.3 is 0 Å². The van der Waals surface area contributed by atoms with Gasteiger partial charge in [0.15, 0.2) is 5.17 Å². The Morgan fingerprint density at radius 1 is 1.03 bits per heavy atom. The number of nitrogens with one attached hydrogen (secondary N) is 1. The maximum Gasteiger partial charge on any atom is 0.264 e. The minimum absolute atomic E-state index is 0.248. The van der Waals surface area contributed by atoms with Gasteiger partial charge in [-0.25, -0.2) is 9.38 Å². The Kier molecular flexibility index (Phi) is 6.16. The molecule has 30 heavy (non-hydrogen) atoms. The van der Waals surface area contributed by atoms with E-state index in [1.165, 1.54) is 23.9 Å². The van der Waals surface area contributed by atoms with Gasteiger partial charge < -0.3 is 10.1 Å². The summed E-state index contributed by atoms with van der Waals surface area (Å²) in [4.78, 5) is 17.2. The Hall–Kier alpha value is -3.09. The molecule has 1 fully saturated rings. The lowest BCUT2D eigenvalue weighted by Gasteiger charge is -2.10. The Morgan fingerprint density at radius 2 is 1.77 bits per heavy atom. The van der Waals surface area contributed by atoms with Crippen LogP contribution in [0, 0.1) is 5.82 Å². The minimum atomic E-state index is -0.337. The van der Waals surface area contributed by atoms with Gasteiger partial charge in [-0.2, -0.15) is 0 Å². The van der Waals surface area contributed by atoms with Crippen LogP contribution < -0.4 is 10.1 Å². The number of para-hydroxylation sites is 1. The number of thioether (sulfide) groups is 1. The van der Waals surface area contributed by atoms with Crippen molar-refractivity contribution >= 4 is 46.2 Å². The highest BCUT2D eigenvalue weighted by atomic mass is 35.5. The number of ether oxygens (including phenoxy) is 1. The number of aliphatic imine (C=N–C) groups is 1. The average molecular weight is 439 g/mol. The van der Waals surface area contributed by atoms with E-state index in [-0.39, 0.29) is 11.7 Å². The molecule has 4 nitrogen and oxygen atoms in total. The van der Waals surface area contributed by atoms with E-state index < -0.39 is 0 Å². The summed E-state index contributed by atoms with van der Waals surface area (Å²) in [5, 5.41) is 3.80. The molecule has 1 aliphatic rings. The summed E-state index contributed by atoms with van der Waals surface area (Å²) in [5.41, 5.74) is 2.21. The molecule has 7 heteroatoms. The highest BCUT2D eigenvalue weighted by Crippen LogP contribution is 2.31. The van der Waals surface area contributed by atoms with Gasteiger partial charge in [-0.15, -0.1) is 0 Å². The molecule has 3 aromatic rings. The lowest BCUT2D eigenvalue weighted by atomic mass is 10.2. The van der Waals surface area contributed by atoms with Gasteiger partial charge in [0.05, 0.1) is 10.6 Å². The van der Waals surface area contributed by atoms with Crippen molar-refractivity contribution in [1.29, 1.82) is 0 Å². The molecule has 0 radical (unpaired) electrons. The van der Waals surface area contributed by atoms with Crippen molar-refractivity contribution in [3.8, 4) is 5.75 Å². The Balaban J connectivity index is 1.52. The lowest BCUT2D eigenvalue weighted by molar-refractivity contribution is -0.115. The van der Waals surface area contributed by atoms with Crippen LogP contribution >= 0.6 is 23.4 Å². The zero-order chi connectivity index (χ0) is 20.9. The van der Waals surface area contributed by atoms with Crippen molar-refractivity contribution < 1.29 is 13.9 Å². The van der Waals surface area contributed by atoms with Gasteiger partial charge in [0.2, 0.25) is 0 Å².